The van der Waals surface area contributed by atoms with Crippen LogP contribution in [0.2, 0.25) is 0 Å². The summed E-state index contributed by atoms with van der Waals surface area (Å²) in [6.45, 7) is 6.56. The Balaban J connectivity index is 2.56. The molecule has 0 aromatic heterocycles. The highest BCUT2D eigenvalue weighted by molar-refractivity contribution is 14.1. The first kappa shape index (κ1) is 10.0. The average Bonchev–Trinajstić information content (AvgIpc) is 2.00. The van der Waals surface area contributed by atoms with Crippen LogP contribution in [-0.4, -0.2) is 5.54 Å². The standard InChI is InChI=1S/C12H14IN/c1-8-7-12(2,3)14-11-6-9(13)4-5-10(8)11/h4-7,14H,1-3H3. The highest BCUT2D eigenvalue weighted by atomic mass is 127. The van der Waals surface area contributed by atoms with Gasteiger partial charge in [-0.2, -0.15) is 0 Å². The number of halogens is 1. The molecule has 0 bridgehead atoms. The number of benzene rings is 1. The van der Waals surface area contributed by atoms with E-state index in [1.165, 1.54) is 20.4 Å². The molecule has 1 aromatic carbocycles. The van der Waals surface area contributed by atoms with E-state index in [1.54, 1.807) is 0 Å². The van der Waals surface area contributed by atoms with Crippen LogP contribution in [0, 0.1) is 3.57 Å². The Hall–Kier alpha value is -0.510. The van der Waals surface area contributed by atoms with Crippen molar-refractivity contribution in [2.75, 3.05) is 5.32 Å². The fourth-order valence-electron chi connectivity index (χ4n) is 1.97. The highest BCUT2D eigenvalue weighted by Gasteiger charge is 2.21. The summed E-state index contributed by atoms with van der Waals surface area (Å²) in [6.07, 6.45) is 2.28. The van der Waals surface area contributed by atoms with Crippen LogP contribution >= 0.6 is 22.6 Å². The molecule has 0 saturated carbocycles. The van der Waals surface area contributed by atoms with E-state index in [-0.39, 0.29) is 5.54 Å². The Labute approximate surface area is 98.7 Å². The van der Waals surface area contributed by atoms with E-state index in [0.717, 1.165) is 0 Å². The van der Waals surface area contributed by atoms with Crippen LogP contribution in [-0.2, 0) is 0 Å². The molecule has 0 atom stereocenters. The summed E-state index contributed by atoms with van der Waals surface area (Å²) < 4.78 is 1.28. The van der Waals surface area contributed by atoms with E-state index in [4.69, 9.17) is 0 Å². The van der Waals surface area contributed by atoms with Gasteiger partial charge in [0.05, 0.1) is 5.54 Å². The van der Waals surface area contributed by atoms with Gasteiger partial charge in [0.25, 0.3) is 0 Å². The molecule has 0 fully saturated rings. The van der Waals surface area contributed by atoms with Crippen molar-refractivity contribution >= 4 is 33.9 Å². The van der Waals surface area contributed by atoms with E-state index < -0.39 is 0 Å². The van der Waals surface area contributed by atoms with Gasteiger partial charge in [0.1, 0.15) is 0 Å². The number of hydrogen-bond acceptors (Lipinski definition) is 1. The van der Waals surface area contributed by atoms with Crippen molar-refractivity contribution in [1.29, 1.82) is 0 Å². The van der Waals surface area contributed by atoms with Crippen molar-refractivity contribution in [3.05, 3.63) is 33.4 Å². The zero-order chi connectivity index (χ0) is 10.3. The van der Waals surface area contributed by atoms with Gasteiger partial charge in [0.15, 0.2) is 0 Å². The first-order valence-electron chi connectivity index (χ1n) is 4.75. The minimum atomic E-state index is 0.0709. The van der Waals surface area contributed by atoms with Gasteiger partial charge in [-0.25, -0.2) is 0 Å². The molecule has 1 heterocycles. The lowest BCUT2D eigenvalue weighted by Gasteiger charge is -2.31. The number of allylic oxidation sites excluding steroid dienone is 1. The van der Waals surface area contributed by atoms with E-state index in [1.807, 2.05) is 0 Å². The molecule has 2 heteroatoms. The summed E-state index contributed by atoms with van der Waals surface area (Å²) in [5.41, 5.74) is 4.01. The lowest BCUT2D eigenvalue weighted by Crippen LogP contribution is -2.31. The molecule has 0 saturated heterocycles. The summed E-state index contributed by atoms with van der Waals surface area (Å²) in [5, 5.41) is 3.53. The van der Waals surface area contributed by atoms with Crippen molar-refractivity contribution in [2.45, 2.75) is 26.3 Å². The number of hydrogen-bond donors (Lipinski definition) is 1. The van der Waals surface area contributed by atoms with Crippen LogP contribution in [0.25, 0.3) is 5.57 Å². The van der Waals surface area contributed by atoms with Crippen LogP contribution in [0.3, 0.4) is 0 Å². The Morgan fingerprint density at radius 2 is 2.00 bits per heavy atom. The quantitative estimate of drug-likeness (QED) is 0.716. The summed E-state index contributed by atoms with van der Waals surface area (Å²) in [6, 6.07) is 6.54. The molecule has 14 heavy (non-hydrogen) atoms. The van der Waals surface area contributed by atoms with Gasteiger partial charge in [0, 0.05) is 14.8 Å². The smallest absolute Gasteiger partial charge is 0.0505 e. The fourth-order valence-corrected chi connectivity index (χ4v) is 2.46. The van der Waals surface area contributed by atoms with Crippen molar-refractivity contribution < 1.29 is 0 Å². The Morgan fingerprint density at radius 1 is 1.29 bits per heavy atom. The number of nitrogens with one attached hydrogen (secondary N) is 1. The molecule has 1 aliphatic rings. The Kier molecular flexibility index (Phi) is 2.33. The molecule has 1 N–H and O–H groups in total. The first-order chi connectivity index (χ1) is 6.48. The minimum absolute atomic E-state index is 0.0709. The largest absolute Gasteiger partial charge is 0.376 e. The maximum absolute atomic E-state index is 3.53. The van der Waals surface area contributed by atoms with Crippen LogP contribution < -0.4 is 5.32 Å². The highest BCUT2D eigenvalue weighted by Crippen LogP contribution is 2.34. The molecule has 0 unspecified atom stereocenters. The molecule has 1 aliphatic heterocycles. The predicted molar refractivity (Wildman–Crippen MR) is 70.5 cm³/mol. The molecule has 0 amide bonds. The Morgan fingerprint density at radius 3 is 2.71 bits per heavy atom. The molecular weight excluding hydrogens is 285 g/mol. The zero-order valence-corrected chi connectivity index (χ0v) is 10.8. The van der Waals surface area contributed by atoms with Crippen LogP contribution in [0.15, 0.2) is 24.3 Å². The number of fused-ring (bicyclic) bond motifs is 1. The third-order valence-corrected chi connectivity index (χ3v) is 3.11. The molecule has 0 radical (unpaired) electrons. The lowest BCUT2D eigenvalue weighted by atomic mass is 9.91. The molecule has 0 aliphatic carbocycles. The molecule has 2 rings (SSSR count). The van der Waals surface area contributed by atoms with Crippen molar-refractivity contribution in [3.63, 3.8) is 0 Å². The van der Waals surface area contributed by atoms with E-state index in [0.29, 0.717) is 0 Å². The van der Waals surface area contributed by atoms with Gasteiger partial charge in [-0.05, 0) is 61.1 Å². The van der Waals surface area contributed by atoms with Gasteiger partial charge in [-0.1, -0.05) is 12.1 Å². The Bertz CT molecular complexity index is 405. The SMILES string of the molecule is CC1=CC(C)(C)Nc2cc(I)ccc21. The van der Waals surface area contributed by atoms with Gasteiger partial charge in [0.2, 0.25) is 0 Å². The monoisotopic (exact) mass is 299 g/mol. The summed E-state index contributed by atoms with van der Waals surface area (Å²) in [5.74, 6) is 0. The lowest BCUT2D eigenvalue weighted by molar-refractivity contribution is 0.707. The van der Waals surface area contributed by atoms with Crippen molar-refractivity contribution in [3.8, 4) is 0 Å². The predicted octanol–water partition coefficient (Wildman–Crippen LogP) is 3.90. The van der Waals surface area contributed by atoms with Gasteiger partial charge in [-0.3, -0.25) is 0 Å². The number of anilines is 1. The van der Waals surface area contributed by atoms with E-state index in [9.17, 15) is 0 Å². The second-order valence-electron chi connectivity index (χ2n) is 4.36. The second kappa shape index (κ2) is 3.26. The van der Waals surface area contributed by atoms with Crippen molar-refractivity contribution in [2.24, 2.45) is 0 Å². The van der Waals surface area contributed by atoms with Gasteiger partial charge < -0.3 is 5.32 Å². The second-order valence-corrected chi connectivity index (χ2v) is 5.61. The average molecular weight is 299 g/mol. The molecule has 1 nitrogen and oxygen atoms in total. The molecule has 1 aromatic rings. The first-order valence-corrected chi connectivity index (χ1v) is 5.83. The molecular formula is C12H14IN. The van der Waals surface area contributed by atoms with Gasteiger partial charge in [-0.15, -0.1) is 0 Å². The normalized spacial score (nSPS) is 18.1. The topological polar surface area (TPSA) is 12.0 Å². The molecule has 74 valence electrons. The third-order valence-electron chi connectivity index (χ3n) is 2.44. The fraction of sp³-hybridized carbons (Fsp3) is 0.333. The van der Waals surface area contributed by atoms with Gasteiger partial charge >= 0.3 is 0 Å². The van der Waals surface area contributed by atoms with Crippen LogP contribution in [0.4, 0.5) is 5.69 Å². The van der Waals surface area contributed by atoms with Crippen LogP contribution in [0.5, 0.6) is 0 Å². The van der Waals surface area contributed by atoms with Crippen LogP contribution in [0.1, 0.15) is 26.3 Å². The summed E-state index contributed by atoms with van der Waals surface area (Å²) in [7, 11) is 0. The maximum Gasteiger partial charge on any atom is 0.0505 e. The summed E-state index contributed by atoms with van der Waals surface area (Å²) in [4.78, 5) is 0. The van der Waals surface area contributed by atoms with E-state index >= 15 is 0 Å². The molecule has 0 spiro atoms. The third kappa shape index (κ3) is 1.80. The van der Waals surface area contributed by atoms with E-state index in [2.05, 4.69) is 73.0 Å². The zero-order valence-electron chi connectivity index (χ0n) is 8.69. The summed E-state index contributed by atoms with van der Waals surface area (Å²) >= 11 is 2.35. The minimum Gasteiger partial charge on any atom is -0.376 e. The maximum atomic E-state index is 3.53. The number of rotatable bonds is 0. The van der Waals surface area contributed by atoms with Crippen molar-refractivity contribution in [1.82, 2.24) is 0 Å².